The molecule has 0 aliphatic heterocycles. The second-order valence-electron chi connectivity index (χ2n) is 6.65. The van der Waals surface area contributed by atoms with Crippen LogP contribution in [0.15, 0.2) is 36.7 Å². The molecular formula is C18H18N4O2. The second-order valence-corrected chi connectivity index (χ2v) is 6.65. The van der Waals surface area contributed by atoms with Crippen LogP contribution in [0.3, 0.4) is 0 Å². The predicted molar refractivity (Wildman–Crippen MR) is 92.8 cm³/mol. The van der Waals surface area contributed by atoms with Crippen molar-refractivity contribution in [3.63, 3.8) is 0 Å². The summed E-state index contributed by atoms with van der Waals surface area (Å²) in [4.78, 5) is 27.4. The molecule has 0 aliphatic carbocycles. The van der Waals surface area contributed by atoms with E-state index in [0.717, 1.165) is 28.3 Å². The molecule has 0 saturated carbocycles. The summed E-state index contributed by atoms with van der Waals surface area (Å²) in [5, 5.41) is 10.4. The third-order valence-corrected chi connectivity index (χ3v) is 3.71. The first-order valence-electron chi connectivity index (χ1n) is 7.58. The number of hydrogen-bond acceptors (Lipinski definition) is 4. The van der Waals surface area contributed by atoms with Gasteiger partial charge < -0.3 is 5.32 Å². The summed E-state index contributed by atoms with van der Waals surface area (Å²) in [6.45, 7) is 5.56. The van der Waals surface area contributed by atoms with Gasteiger partial charge in [0.2, 0.25) is 5.91 Å². The van der Waals surface area contributed by atoms with Gasteiger partial charge in [0.05, 0.1) is 17.4 Å². The van der Waals surface area contributed by atoms with Crippen molar-refractivity contribution in [2.24, 2.45) is 5.41 Å². The van der Waals surface area contributed by atoms with Crippen LogP contribution in [0, 0.1) is 5.41 Å². The van der Waals surface area contributed by atoms with E-state index in [4.69, 9.17) is 0 Å². The number of carbonyl (C=O) groups excluding carboxylic acids is 2. The molecule has 0 spiro atoms. The molecular weight excluding hydrogens is 304 g/mol. The quantitative estimate of drug-likeness (QED) is 0.723. The van der Waals surface area contributed by atoms with Crippen LogP contribution < -0.4 is 5.32 Å². The number of rotatable bonds is 3. The highest BCUT2D eigenvalue weighted by molar-refractivity contribution is 5.97. The lowest BCUT2D eigenvalue weighted by Crippen LogP contribution is -2.27. The van der Waals surface area contributed by atoms with E-state index in [-0.39, 0.29) is 5.91 Å². The Labute approximate surface area is 139 Å². The number of pyridine rings is 1. The number of hydrogen-bond donors (Lipinski definition) is 2. The zero-order valence-corrected chi connectivity index (χ0v) is 13.8. The molecule has 3 aromatic rings. The number of amides is 1. The highest BCUT2D eigenvalue weighted by Crippen LogP contribution is 2.26. The maximum atomic E-state index is 12.1. The number of aromatic amines is 1. The highest BCUT2D eigenvalue weighted by atomic mass is 16.2. The Balaban J connectivity index is 1.96. The second kappa shape index (κ2) is 5.88. The fourth-order valence-corrected chi connectivity index (χ4v) is 2.29. The van der Waals surface area contributed by atoms with E-state index >= 15 is 0 Å². The van der Waals surface area contributed by atoms with Gasteiger partial charge in [-0.25, -0.2) is 0 Å². The molecule has 2 heterocycles. The lowest BCUT2D eigenvalue weighted by Gasteiger charge is -2.17. The van der Waals surface area contributed by atoms with E-state index in [1.165, 1.54) is 0 Å². The molecule has 0 bridgehead atoms. The molecule has 0 unspecified atom stereocenters. The van der Waals surface area contributed by atoms with Gasteiger partial charge in [-0.1, -0.05) is 26.8 Å². The van der Waals surface area contributed by atoms with Crippen molar-refractivity contribution in [2.75, 3.05) is 5.32 Å². The summed E-state index contributed by atoms with van der Waals surface area (Å²) in [6, 6.07) is 7.53. The maximum absolute atomic E-state index is 12.1. The minimum absolute atomic E-state index is 0.0741. The van der Waals surface area contributed by atoms with Crippen LogP contribution in [-0.2, 0) is 4.79 Å². The standard InChI is InChI=1S/C18H18N4O2/c1-18(2,3)17(24)20-13-6-12(8-19-9-13)11-4-5-15-14(7-11)16(10-23)22-21-15/h4-10H,1-3H3,(H,20,24)(H,21,22). The van der Waals surface area contributed by atoms with E-state index < -0.39 is 5.41 Å². The number of nitrogens with zero attached hydrogens (tertiary/aromatic N) is 2. The largest absolute Gasteiger partial charge is 0.324 e. The molecule has 0 aliphatic rings. The first kappa shape index (κ1) is 15.9. The summed E-state index contributed by atoms with van der Waals surface area (Å²) in [5.41, 5.74) is 3.07. The van der Waals surface area contributed by atoms with Crippen molar-refractivity contribution >= 4 is 28.8 Å². The molecule has 1 amide bonds. The van der Waals surface area contributed by atoms with Gasteiger partial charge in [0.1, 0.15) is 5.69 Å². The Bertz CT molecular complexity index is 922. The van der Waals surface area contributed by atoms with Crippen LogP contribution in [0.4, 0.5) is 5.69 Å². The molecule has 6 nitrogen and oxygen atoms in total. The van der Waals surface area contributed by atoms with Gasteiger partial charge in [0.15, 0.2) is 6.29 Å². The number of carbonyl (C=O) groups is 2. The SMILES string of the molecule is CC(C)(C)C(=O)Nc1cncc(-c2ccc3[nH]nc(C=O)c3c2)c1. The van der Waals surface area contributed by atoms with Crippen molar-refractivity contribution in [2.45, 2.75) is 20.8 Å². The van der Waals surface area contributed by atoms with Crippen molar-refractivity contribution in [1.82, 2.24) is 15.2 Å². The van der Waals surface area contributed by atoms with Gasteiger partial charge in [-0.3, -0.25) is 19.7 Å². The van der Waals surface area contributed by atoms with Crippen LogP contribution in [0.5, 0.6) is 0 Å². The molecule has 3 rings (SSSR count). The fourth-order valence-electron chi connectivity index (χ4n) is 2.29. The summed E-state index contributed by atoms with van der Waals surface area (Å²) in [5.74, 6) is -0.0741. The molecule has 0 radical (unpaired) electrons. The minimum atomic E-state index is -0.482. The van der Waals surface area contributed by atoms with Crippen molar-refractivity contribution < 1.29 is 9.59 Å². The zero-order valence-electron chi connectivity index (χ0n) is 13.8. The number of aldehydes is 1. The van der Waals surface area contributed by atoms with Crippen LogP contribution >= 0.6 is 0 Å². The number of H-pyrrole nitrogens is 1. The van der Waals surface area contributed by atoms with Crippen LogP contribution in [0.25, 0.3) is 22.0 Å². The normalized spacial score (nSPS) is 11.5. The lowest BCUT2D eigenvalue weighted by molar-refractivity contribution is -0.123. The van der Waals surface area contributed by atoms with E-state index in [1.807, 2.05) is 45.0 Å². The molecule has 0 fully saturated rings. The van der Waals surface area contributed by atoms with Gasteiger partial charge in [0.25, 0.3) is 0 Å². The molecule has 2 aromatic heterocycles. The smallest absolute Gasteiger partial charge is 0.229 e. The molecule has 24 heavy (non-hydrogen) atoms. The van der Waals surface area contributed by atoms with Crippen LogP contribution in [0.2, 0.25) is 0 Å². The third-order valence-electron chi connectivity index (χ3n) is 3.71. The summed E-state index contributed by atoms with van der Waals surface area (Å²) in [7, 11) is 0. The number of aromatic nitrogens is 3. The third kappa shape index (κ3) is 3.03. The molecule has 0 saturated heterocycles. The van der Waals surface area contributed by atoms with E-state index in [9.17, 15) is 9.59 Å². The molecule has 0 atom stereocenters. The van der Waals surface area contributed by atoms with Gasteiger partial charge in [-0.05, 0) is 23.8 Å². The predicted octanol–water partition coefficient (Wildman–Crippen LogP) is 3.42. The van der Waals surface area contributed by atoms with E-state index in [2.05, 4.69) is 20.5 Å². The van der Waals surface area contributed by atoms with Crippen molar-refractivity contribution in [1.29, 1.82) is 0 Å². The zero-order chi connectivity index (χ0) is 17.3. The van der Waals surface area contributed by atoms with Gasteiger partial charge in [-0.15, -0.1) is 0 Å². The highest BCUT2D eigenvalue weighted by Gasteiger charge is 2.21. The summed E-state index contributed by atoms with van der Waals surface area (Å²) < 4.78 is 0. The van der Waals surface area contributed by atoms with Crippen molar-refractivity contribution in [3.05, 3.63) is 42.4 Å². The summed E-state index contributed by atoms with van der Waals surface area (Å²) in [6.07, 6.45) is 4.05. The van der Waals surface area contributed by atoms with Gasteiger partial charge >= 0.3 is 0 Å². The number of fused-ring (bicyclic) bond motifs is 1. The topological polar surface area (TPSA) is 87.7 Å². The number of benzene rings is 1. The van der Waals surface area contributed by atoms with E-state index in [1.54, 1.807) is 12.4 Å². The Kier molecular flexibility index (Phi) is 3.89. The maximum Gasteiger partial charge on any atom is 0.229 e. The van der Waals surface area contributed by atoms with Gasteiger partial charge in [0, 0.05) is 22.6 Å². The Hall–Kier alpha value is -3.02. The minimum Gasteiger partial charge on any atom is -0.324 e. The Morgan fingerprint density at radius 3 is 2.67 bits per heavy atom. The van der Waals surface area contributed by atoms with Gasteiger partial charge in [-0.2, -0.15) is 5.10 Å². The summed E-state index contributed by atoms with van der Waals surface area (Å²) >= 11 is 0. The lowest BCUT2D eigenvalue weighted by atomic mass is 9.95. The Morgan fingerprint density at radius 1 is 1.17 bits per heavy atom. The number of nitrogens with one attached hydrogen (secondary N) is 2. The average molecular weight is 322 g/mol. The van der Waals surface area contributed by atoms with Crippen LogP contribution in [0.1, 0.15) is 31.3 Å². The monoisotopic (exact) mass is 322 g/mol. The molecule has 122 valence electrons. The molecule has 2 N–H and O–H groups in total. The number of anilines is 1. The van der Waals surface area contributed by atoms with Crippen LogP contribution in [-0.4, -0.2) is 27.4 Å². The Morgan fingerprint density at radius 2 is 1.96 bits per heavy atom. The average Bonchev–Trinajstić information content (AvgIpc) is 2.96. The van der Waals surface area contributed by atoms with E-state index in [0.29, 0.717) is 11.4 Å². The molecule has 6 heteroatoms. The van der Waals surface area contributed by atoms with Crippen molar-refractivity contribution in [3.8, 4) is 11.1 Å². The fraction of sp³-hybridized carbons (Fsp3) is 0.222. The first-order valence-corrected chi connectivity index (χ1v) is 7.58. The first-order chi connectivity index (χ1) is 11.4. The molecule has 1 aromatic carbocycles.